The van der Waals surface area contributed by atoms with Crippen molar-refractivity contribution in [3.63, 3.8) is 0 Å². The van der Waals surface area contributed by atoms with Gasteiger partial charge in [0.25, 0.3) is 0 Å². The molecular weight excluding hydrogens is 295 g/mol. The second-order valence-corrected chi connectivity index (χ2v) is 8.01. The molecule has 2 aromatic carbocycles. The van der Waals surface area contributed by atoms with Crippen molar-refractivity contribution in [1.29, 1.82) is 0 Å². The van der Waals surface area contributed by atoms with Gasteiger partial charge in [-0.25, -0.2) is 0 Å². The van der Waals surface area contributed by atoms with Crippen LogP contribution in [-0.4, -0.2) is 16.8 Å². The molecule has 0 aliphatic rings. The monoisotopic (exact) mass is 316 g/mol. The first-order chi connectivity index (χ1) is 10.3. The molecule has 22 heavy (non-hydrogen) atoms. The fourth-order valence-electron chi connectivity index (χ4n) is 2.86. The Hall–Kier alpha value is -1.70. The van der Waals surface area contributed by atoms with Crippen LogP contribution in [-0.2, 0) is 4.57 Å². The Labute approximate surface area is 131 Å². The lowest BCUT2D eigenvalue weighted by Crippen LogP contribution is -2.16. The Kier molecular flexibility index (Phi) is 5.00. The van der Waals surface area contributed by atoms with Gasteiger partial charge < -0.3 is 4.89 Å². The largest absolute Gasteiger partial charge is 0.341 e. The smallest absolute Gasteiger partial charge is 0.230 e. The van der Waals surface area contributed by atoms with E-state index in [9.17, 15) is 14.3 Å². The van der Waals surface area contributed by atoms with Crippen molar-refractivity contribution in [3.8, 4) is 0 Å². The third-order valence-electron chi connectivity index (χ3n) is 3.72. The Morgan fingerprint density at radius 1 is 1.05 bits per heavy atom. The molecule has 0 saturated heterocycles. The number of aryl methyl sites for hydroxylation is 3. The minimum absolute atomic E-state index is 0.0224. The van der Waals surface area contributed by atoms with Crippen LogP contribution in [0.15, 0.2) is 42.5 Å². The van der Waals surface area contributed by atoms with E-state index in [4.69, 9.17) is 0 Å². The molecule has 0 spiro atoms. The molecule has 0 aliphatic heterocycles. The highest BCUT2D eigenvalue weighted by Crippen LogP contribution is 2.42. The molecule has 4 heteroatoms. The first kappa shape index (κ1) is 16.7. The number of carbonyl (C=O) groups excluding carboxylic acids is 1. The summed E-state index contributed by atoms with van der Waals surface area (Å²) in [5.74, 6) is -0.0997. The van der Waals surface area contributed by atoms with E-state index in [2.05, 4.69) is 0 Å². The van der Waals surface area contributed by atoms with E-state index in [1.807, 2.05) is 39.0 Å². The third kappa shape index (κ3) is 3.73. The predicted octanol–water partition coefficient (Wildman–Crippen LogP) is 3.78. The number of benzene rings is 2. The summed E-state index contributed by atoms with van der Waals surface area (Å²) in [4.78, 5) is 22.6. The topological polar surface area (TPSA) is 54.4 Å². The Bertz CT molecular complexity index is 712. The number of Topliss-reactive ketones (excluding diaryl/α,β-unsaturated/α-hetero) is 1. The summed E-state index contributed by atoms with van der Waals surface area (Å²) in [6.45, 7) is 5.65. The molecule has 116 valence electrons. The van der Waals surface area contributed by atoms with Crippen LogP contribution in [0.2, 0.25) is 0 Å². The highest BCUT2D eigenvalue weighted by molar-refractivity contribution is 7.66. The van der Waals surface area contributed by atoms with Crippen molar-refractivity contribution in [1.82, 2.24) is 0 Å². The maximum Gasteiger partial charge on any atom is 0.230 e. The molecular formula is C18H21O3P. The molecule has 2 rings (SSSR count). The molecule has 1 unspecified atom stereocenters. The van der Waals surface area contributed by atoms with E-state index in [1.54, 1.807) is 24.3 Å². The van der Waals surface area contributed by atoms with Crippen molar-refractivity contribution in [2.75, 3.05) is 6.16 Å². The average Bonchev–Trinajstić information content (AvgIpc) is 2.44. The molecule has 0 saturated carbocycles. The van der Waals surface area contributed by atoms with Crippen LogP contribution < -0.4 is 5.30 Å². The van der Waals surface area contributed by atoms with Crippen molar-refractivity contribution in [2.45, 2.75) is 27.2 Å². The number of ketones is 1. The molecule has 0 heterocycles. The van der Waals surface area contributed by atoms with Gasteiger partial charge in [-0.05, 0) is 31.9 Å². The lowest BCUT2D eigenvalue weighted by Gasteiger charge is -2.17. The van der Waals surface area contributed by atoms with Crippen LogP contribution in [0, 0.1) is 20.8 Å². The van der Waals surface area contributed by atoms with E-state index in [-0.39, 0.29) is 18.4 Å². The second-order valence-electron chi connectivity index (χ2n) is 5.71. The molecule has 1 atom stereocenters. The zero-order valence-electron chi connectivity index (χ0n) is 13.2. The fourth-order valence-corrected chi connectivity index (χ4v) is 4.82. The summed E-state index contributed by atoms with van der Waals surface area (Å²) in [6.07, 6.45) is 0.0516. The van der Waals surface area contributed by atoms with Gasteiger partial charge in [0.05, 0.1) is 0 Å². The fraction of sp³-hybridized carbons (Fsp3) is 0.278. The van der Waals surface area contributed by atoms with Crippen molar-refractivity contribution in [3.05, 3.63) is 64.7 Å². The molecule has 0 fully saturated rings. The van der Waals surface area contributed by atoms with Gasteiger partial charge in [0.1, 0.15) is 0 Å². The van der Waals surface area contributed by atoms with Crippen molar-refractivity contribution >= 4 is 18.5 Å². The predicted molar refractivity (Wildman–Crippen MR) is 90.4 cm³/mol. The number of hydrogen-bond donors (Lipinski definition) is 1. The van der Waals surface area contributed by atoms with Gasteiger partial charge >= 0.3 is 0 Å². The number of rotatable bonds is 5. The van der Waals surface area contributed by atoms with Crippen molar-refractivity contribution in [2.24, 2.45) is 0 Å². The first-order valence-corrected chi connectivity index (χ1v) is 9.14. The Morgan fingerprint density at radius 2 is 1.59 bits per heavy atom. The van der Waals surface area contributed by atoms with Crippen LogP contribution >= 0.6 is 7.37 Å². The second kappa shape index (κ2) is 6.60. The van der Waals surface area contributed by atoms with Crippen LogP contribution in [0.3, 0.4) is 0 Å². The van der Waals surface area contributed by atoms with E-state index in [0.29, 0.717) is 10.9 Å². The summed E-state index contributed by atoms with van der Waals surface area (Å²) < 4.78 is 12.7. The Balaban J connectivity index is 2.19. The summed E-state index contributed by atoms with van der Waals surface area (Å²) in [5.41, 5.74) is 3.28. The number of carbonyl (C=O) groups is 1. The van der Waals surface area contributed by atoms with Gasteiger partial charge in [0.15, 0.2) is 5.78 Å². The molecule has 0 aromatic heterocycles. The van der Waals surface area contributed by atoms with Crippen molar-refractivity contribution < 1.29 is 14.3 Å². The zero-order valence-corrected chi connectivity index (χ0v) is 14.1. The highest BCUT2D eigenvalue weighted by Gasteiger charge is 2.26. The molecule has 0 bridgehead atoms. The quantitative estimate of drug-likeness (QED) is 0.674. The van der Waals surface area contributed by atoms with Gasteiger partial charge in [-0.1, -0.05) is 48.0 Å². The third-order valence-corrected chi connectivity index (χ3v) is 5.96. The highest BCUT2D eigenvalue weighted by atomic mass is 31.2. The molecule has 0 radical (unpaired) electrons. The van der Waals surface area contributed by atoms with E-state index in [1.165, 1.54) is 0 Å². The summed E-state index contributed by atoms with van der Waals surface area (Å²) in [6, 6.07) is 12.7. The average molecular weight is 316 g/mol. The molecule has 3 nitrogen and oxygen atoms in total. The maximum atomic E-state index is 12.7. The molecule has 0 aliphatic carbocycles. The van der Waals surface area contributed by atoms with Crippen LogP contribution in [0.4, 0.5) is 0 Å². The van der Waals surface area contributed by atoms with Gasteiger partial charge in [0.2, 0.25) is 7.37 Å². The normalized spacial score (nSPS) is 13.6. The lowest BCUT2D eigenvalue weighted by molar-refractivity contribution is 0.0988. The zero-order chi connectivity index (χ0) is 16.3. The minimum atomic E-state index is -3.54. The number of hydrogen-bond acceptors (Lipinski definition) is 2. The maximum absolute atomic E-state index is 12.7. The van der Waals surface area contributed by atoms with Crippen LogP contribution in [0.1, 0.15) is 33.5 Å². The standard InChI is InChI=1S/C18H21O3P/c1-13-11-14(2)18(15(3)12-13)22(20,21)10-9-17(19)16-7-5-4-6-8-16/h4-8,11-12H,9-10H2,1-3H3,(H,20,21). The molecule has 2 aromatic rings. The summed E-state index contributed by atoms with van der Waals surface area (Å²) in [7, 11) is -3.54. The molecule has 0 amide bonds. The summed E-state index contributed by atoms with van der Waals surface area (Å²) >= 11 is 0. The Morgan fingerprint density at radius 3 is 2.14 bits per heavy atom. The van der Waals surface area contributed by atoms with Gasteiger partial charge in [-0.3, -0.25) is 9.36 Å². The van der Waals surface area contributed by atoms with Gasteiger partial charge in [-0.2, -0.15) is 0 Å². The van der Waals surface area contributed by atoms with Gasteiger partial charge in [-0.15, -0.1) is 0 Å². The lowest BCUT2D eigenvalue weighted by atomic mass is 10.1. The van der Waals surface area contributed by atoms with E-state index in [0.717, 1.165) is 16.7 Å². The van der Waals surface area contributed by atoms with Gasteiger partial charge in [0, 0.05) is 23.5 Å². The van der Waals surface area contributed by atoms with E-state index < -0.39 is 7.37 Å². The molecule has 1 N–H and O–H groups in total. The first-order valence-electron chi connectivity index (χ1n) is 7.30. The summed E-state index contributed by atoms with van der Waals surface area (Å²) in [5, 5.41) is 0.499. The minimum Gasteiger partial charge on any atom is -0.341 e. The van der Waals surface area contributed by atoms with E-state index >= 15 is 0 Å². The van der Waals surface area contributed by atoms with Crippen LogP contribution in [0.5, 0.6) is 0 Å². The van der Waals surface area contributed by atoms with Crippen LogP contribution in [0.25, 0.3) is 0 Å². The SMILES string of the molecule is Cc1cc(C)c(P(=O)(O)CCC(=O)c2ccccc2)c(C)c1.